The van der Waals surface area contributed by atoms with Crippen LogP contribution in [0.5, 0.6) is 0 Å². The molecule has 0 N–H and O–H groups in total. The van der Waals surface area contributed by atoms with Gasteiger partial charge in [-0.05, 0) is 26.0 Å². The molecular weight excluding hydrogens is 248 g/mol. The number of carbonyl (C=O) groups excluding carboxylic acids is 2. The standard InChI is InChI=1S/C13H14N2O4/c1-3-19-13(18)15-11-7-5-4-6-10(11)14(12(15)17)8-9(2)16/h4-7H,3,8H2,1-2H3. The highest BCUT2D eigenvalue weighted by atomic mass is 16.5. The molecular formula is C13H14N2O4. The van der Waals surface area contributed by atoms with Crippen molar-refractivity contribution in [3.05, 3.63) is 34.7 Å². The topological polar surface area (TPSA) is 70.3 Å². The minimum absolute atomic E-state index is 0.0637. The van der Waals surface area contributed by atoms with Gasteiger partial charge in [0.1, 0.15) is 5.78 Å². The van der Waals surface area contributed by atoms with Gasteiger partial charge in [0.15, 0.2) is 0 Å². The van der Waals surface area contributed by atoms with E-state index >= 15 is 0 Å². The van der Waals surface area contributed by atoms with Crippen LogP contribution in [-0.4, -0.2) is 27.6 Å². The van der Waals surface area contributed by atoms with Crippen molar-refractivity contribution in [2.45, 2.75) is 20.4 Å². The molecule has 100 valence electrons. The van der Waals surface area contributed by atoms with Crippen molar-refractivity contribution in [1.29, 1.82) is 0 Å². The highest BCUT2D eigenvalue weighted by Gasteiger charge is 2.19. The largest absolute Gasteiger partial charge is 0.449 e. The summed E-state index contributed by atoms with van der Waals surface area (Å²) in [5.74, 6) is -0.158. The molecule has 0 fully saturated rings. The van der Waals surface area contributed by atoms with Crippen LogP contribution in [0.4, 0.5) is 4.79 Å². The number of nitrogens with zero attached hydrogens (tertiary/aromatic N) is 2. The molecule has 0 spiro atoms. The van der Waals surface area contributed by atoms with E-state index in [2.05, 4.69) is 0 Å². The van der Waals surface area contributed by atoms with Gasteiger partial charge in [-0.3, -0.25) is 9.36 Å². The lowest BCUT2D eigenvalue weighted by molar-refractivity contribution is -0.117. The quantitative estimate of drug-likeness (QED) is 0.838. The summed E-state index contributed by atoms with van der Waals surface area (Å²) in [5, 5.41) is 0. The van der Waals surface area contributed by atoms with E-state index in [-0.39, 0.29) is 18.9 Å². The molecule has 2 aromatic rings. The van der Waals surface area contributed by atoms with Crippen LogP contribution >= 0.6 is 0 Å². The Morgan fingerprint density at radius 3 is 2.42 bits per heavy atom. The monoisotopic (exact) mass is 262 g/mol. The number of benzene rings is 1. The van der Waals surface area contributed by atoms with Gasteiger partial charge in [-0.1, -0.05) is 12.1 Å². The number of fused-ring (bicyclic) bond motifs is 1. The van der Waals surface area contributed by atoms with Crippen molar-refractivity contribution in [2.75, 3.05) is 6.61 Å². The van der Waals surface area contributed by atoms with Crippen molar-refractivity contribution in [3.63, 3.8) is 0 Å². The second-order valence-corrected chi connectivity index (χ2v) is 4.09. The van der Waals surface area contributed by atoms with Crippen LogP contribution < -0.4 is 5.69 Å². The number of hydrogen-bond acceptors (Lipinski definition) is 4. The van der Waals surface area contributed by atoms with Gasteiger partial charge in [-0.2, -0.15) is 4.57 Å². The van der Waals surface area contributed by atoms with Crippen LogP contribution in [-0.2, 0) is 16.1 Å². The summed E-state index contributed by atoms with van der Waals surface area (Å²) in [6.45, 7) is 3.17. The first kappa shape index (κ1) is 13.1. The predicted octanol–water partition coefficient (Wildman–Crippen LogP) is 1.40. The lowest BCUT2D eigenvalue weighted by Gasteiger charge is -2.01. The molecule has 0 aliphatic rings. The fourth-order valence-corrected chi connectivity index (χ4v) is 1.95. The highest BCUT2D eigenvalue weighted by molar-refractivity contribution is 5.88. The minimum atomic E-state index is -0.731. The van der Waals surface area contributed by atoms with Crippen molar-refractivity contribution >= 4 is 22.9 Å². The Bertz CT molecular complexity index is 696. The zero-order valence-corrected chi connectivity index (χ0v) is 10.8. The molecule has 0 aliphatic carbocycles. The third-order valence-electron chi connectivity index (χ3n) is 2.67. The summed E-state index contributed by atoms with van der Waals surface area (Å²) in [7, 11) is 0. The number of imidazole rings is 1. The number of aromatic nitrogens is 2. The van der Waals surface area contributed by atoms with Gasteiger partial charge in [-0.15, -0.1) is 0 Å². The lowest BCUT2D eigenvalue weighted by atomic mass is 10.3. The van der Waals surface area contributed by atoms with Gasteiger partial charge in [0.25, 0.3) is 0 Å². The van der Waals surface area contributed by atoms with Crippen LogP contribution in [0, 0.1) is 0 Å². The Morgan fingerprint density at radius 1 is 1.21 bits per heavy atom. The van der Waals surface area contributed by atoms with E-state index < -0.39 is 11.8 Å². The van der Waals surface area contributed by atoms with Crippen LogP contribution in [0.2, 0.25) is 0 Å². The molecule has 1 aromatic carbocycles. The van der Waals surface area contributed by atoms with E-state index in [1.807, 2.05) is 0 Å². The number of hydrogen-bond donors (Lipinski definition) is 0. The Morgan fingerprint density at radius 2 is 1.84 bits per heavy atom. The Hall–Kier alpha value is -2.37. The summed E-state index contributed by atoms with van der Waals surface area (Å²) in [6, 6.07) is 6.79. The highest BCUT2D eigenvalue weighted by Crippen LogP contribution is 2.13. The van der Waals surface area contributed by atoms with E-state index in [0.717, 1.165) is 4.57 Å². The Labute approximate surface area is 109 Å². The maximum absolute atomic E-state index is 12.2. The first-order chi connectivity index (χ1) is 9.06. The third-order valence-corrected chi connectivity index (χ3v) is 2.67. The van der Waals surface area contributed by atoms with Gasteiger partial charge < -0.3 is 4.74 Å². The van der Waals surface area contributed by atoms with Crippen LogP contribution in [0.15, 0.2) is 29.1 Å². The normalized spacial score (nSPS) is 10.6. The van der Waals surface area contributed by atoms with E-state index in [1.54, 1.807) is 31.2 Å². The van der Waals surface area contributed by atoms with Gasteiger partial charge in [0.2, 0.25) is 0 Å². The van der Waals surface area contributed by atoms with Gasteiger partial charge in [0.05, 0.1) is 24.2 Å². The first-order valence-electron chi connectivity index (χ1n) is 5.93. The van der Waals surface area contributed by atoms with Gasteiger partial charge in [-0.25, -0.2) is 9.59 Å². The fourth-order valence-electron chi connectivity index (χ4n) is 1.95. The predicted molar refractivity (Wildman–Crippen MR) is 69.3 cm³/mol. The molecule has 0 aliphatic heterocycles. The molecule has 1 heterocycles. The first-order valence-corrected chi connectivity index (χ1v) is 5.93. The number of Topliss-reactive ketones (excluding diaryl/α,β-unsaturated/α-hetero) is 1. The smallest absolute Gasteiger partial charge is 0.422 e. The molecule has 6 heteroatoms. The van der Waals surface area contributed by atoms with Gasteiger partial charge in [0, 0.05) is 0 Å². The zero-order valence-electron chi connectivity index (χ0n) is 10.8. The number of ether oxygens (including phenoxy) is 1. The average Bonchev–Trinajstić information content (AvgIpc) is 2.63. The van der Waals surface area contributed by atoms with Crippen molar-refractivity contribution in [1.82, 2.24) is 9.13 Å². The molecule has 1 aromatic heterocycles. The second kappa shape index (κ2) is 5.09. The zero-order chi connectivity index (χ0) is 14.0. The molecule has 0 radical (unpaired) electrons. The van der Waals surface area contributed by atoms with Crippen LogP contribution in [0.3, 0.4) is 0 Å². The number of rotatable bonds is 3. The fraction of sp³-hybridized carbons (Fsp3) is 0.308. The molecule has 0 saturated carbocycles. The maximum atomic E-state index is 12.2. The maximum Gasteiger partial charge on any atom is 0.422 e. The van der Waals surface area contributed by atoms with Crippen molar-refractivity contribution in [3.8, 4) is 0 Å². The number of ketones is 1. The summed E-state index contributed by atoms with van der Waals surface area (Å²) >= 11 is 0. The van der Waals surface area contributed by atoms with Crippen LogP contribution in [0.25, 0.3) is 11.0 Å². The average molecular weight is 262 g/mol. The van der Waals surface area contributed by atoms with E-state index in [9.17, 15) is 14.4 Å². The SMILES string of the molecule is CCOC(=O)n1c(=O)n(CC(C)=O)c2ccccc21. The Kier molecular flexibility index (Phi) is 3.50. The van der Waals surface area contributed by atoms with Gasteiger partial charge >= 0.3 is 11.8 Å². The second-order valence-electron chi connectivity index (χ2n) is 4.09. The lowest BCUT2D eigenvalue weighted by Crippen LogP contribution is -2.31. The summed E-state index contributed by atoms with van der Waals surface area (Å²) in [6.07, 6.45) is -0.731. The Balaban J connectivity index is 2.70. The molecule has 0 amide bonds. The van der Waals surface area contributed by atoms with E-state index in [4.69, 9.17) is 4.74 Å². The van der Waals surface area contributed by atoms with E-state index in [1.165, 1.54) is 11.5 Å². The molecule has 19 heavy (non-hydrogen) atoms. The molecule has 0 bridgehead atoms. The van der Waals surface area contributed by atoms with Crippen molar-refractivity contribution in [2.24, 2.45) is 0 Å². The minimum Gasteiger partial charge on any atom is -0.449 e. The van der Waals surface area contributed by atoms with E-state index in [0.29, 0.717) is 11.0 Å². The molecule has 6 nitrogen and oxygen atoms in total. The molecule has 2 rings (SSSR count). The number of para-hydroxylation sites is 2. The number of carbonyl (C=O) groups is 2. The van der Waals surface area contributed by atoms with Crippen molar-refractivity contribution < 1.29 is 14.3 Å². The third kappa shape index (κ3) is 2.29. The van der Waals surface area contributed by atoms with Crippen LogP contribution in [0.1, 0.15) is 13.8 Å². The molecule has 0 atom stereocenters. The summed E-state index contributed by atoms with van der Waals surface area (Å²) in [4.78, 5) is 35.3. The summed E-state index contributed by atoms with van der Waals surface area (Å²) in [5.41, 5.74) is 0.415. The summed E-state index contributed by atoms with van der Waals surface area (Å²) < 4.78 is 7.08. The molecule has 0 saturated heterocycles. The molecule has 0 unspecified atom stereocenters.